The van der Waals surface area contributed by atoms with E-state index in [1.165, 1.54) is 16.7 Å². The third-order valence-corrected chi connectivity index (χ3v) is 5.52. The summed E-state index contributed by atoms with van der Waals surface area (Å²) in [5, 5.41) is 2.84. The van der Waals surface area contributed by atoms with Crippen molar-refractivity contribution in [2.24, 2.45) is 0 Å². The third kappa shape index (κ3) is 3.61. The summed E-state index contributed by atoms with van der Waals surface area (Å²) in [7, 11) is 0. The van der Waals surface area contributed by atoms with Gasteiger partial charge in [-0.15, -0.1) is 0 Å². The SMILES string of the molecule is CCCc1ccc(C2(C)NC(=O)N(Cc3coc(-c4ccc(C)cc4)n3)C2=O)cc1. The predicted molar refractivity (Wildman–Crippen MR) is 114 cm³/mol. The number of rotatable bonds is 6. The Kier molecular flexibility index (Phi) is 5.16. The third-order valence-electron chi connectivity index (χ3n) is 5.52. The van der Waals surface area contributed by atoms with Gasteiger partial charge in [-0.2, -0.15) is 0 Å². The smallest absolute Gasteiger partial charge is 0.325 e. The second-order valence-electron chi connectivity index (χ2n) is 7.90. The predicted octanol–water partition coefficient (Wildman–Crippen LogP) is 4.57. The summed E-state index contributed by atoms with van der Waals surface area (Å²) < 4.78 is 5.56. The zero-order valence-corrected chi connectivity index (χ0v) is 17.4. The molecule has 1 saturated heterocycles. The summed E-state index contributed by atoms with van der Waals surface area (Å²) in [6, 6.07) is 15.2. The lowest BCUT2D eigenvalue weighted by Gasteiger charge is -2.22. The molecular weight excluding hydrogens is 378 g/mol. The van der Waals surface area contributed by atoms with Gasteiger partial charge in [-0.1, -0.05) is 55.3 Å². The fraction of sp³-hybridized carbons (Fsp3) is 0.292. The lowest BCUT2D eigenvalue weighted by molar-refractivity contribution is -0.131. The molecule has 1 aliphatic heterocycles. The van der Waals surface area contributed by atoms with Crippen molar-refractivity contribution in [3.63, 3.8) is 0 Å². The molecule has 0 bridgehead atoms. The van der Waals surface area contributed by atoms with Crippen LogP contribution in [-0.4, -0.2) is 21.8 Å². The first-order chi connectivity index (χ1) is 14.4. The minimum Gasteiger partial charge on any atom is -0.444 e. The summed E-state index contributed by atoms with van der Waals surface area (Å²) in [5.74, 6) is 0.168. The molecule has 0 spiro atoms. The summed E-state index contributed by atoms with van der Waals surface area (Å²) in [6.45, 7) is 5.94. The van der Waals surface area contributed by atoms with Gasteiger partial charge >= 0.3 is 6.03 Å². The molecule has 2 heterocycles. The summed E-state index contributed by atoms with van der Waals surface area (Å²) in [5.41, 5.74) is 3.41. The minimum atomic E-state index is -1.09. The zero-order chi connectivity index (χ0) is 21.3. The molecule has 30 heavy (non-hydrogen) atoms. The highest BCUT2D eigenvalue weighted by Gasteiger charge is 2.49. The first-order valence-corrected chi connectivity index (χ1v) is 10.2. The first kappa shape index (κ1) is 19.9. The van der Waals surface area contributed by atoms with E-state index in [9.17, 15) is 9.59 Å². The van der Waals surface area contributed by atoms with Gasteiger partial charge in [0, 0.05) is 5.56 Å². The van der Waals surface area contributed by atoms with Crippen LogP contribution in [0.4, 0.5) is 4.79 Å². The number of aromatic nitrogens is 1. The van der Waals surface area contributed by atoms with E-state index in [1.54, 1.807) is 6.92 Å². The number of aryl methyl sites for hydroxylation is 2. The normalized spacial score (nSPS) is 18.7. The Balaban J connectivity index is 1.52. The van der Waals surface area contributed by atoms with Crippen molar-refractivity contribution in [2.45, 2.75) is 45.7 Å². The maximum atomic E-state index is 13.2. The van der Waals surface area contributed by atoms with E-state index in [4.69, 9.17) is 4.42 Å². The van der Waals surface area contributed by atoms with E-state index in [2.05, 4.69) is 17.2 Å². The largest absolute Gasteiger partial charge is 0.444 e. The molecule has 1 aromatic heterocycles. The average Bonchev–Trinajstić information content (AvgIpc) is 3.29. The van der Waals surface area contributed by atoms with Crippen molar-refractivity contribution in [2.75, 3.05) is 0 Å². The van der Waals surface area contributed by atoms with Gasteiger partial charge in [-0.25, -0.2) is 9.78 Å². The fourth-order valence-corrected chi connectivity index (χ4v) is 3.70. The molecular formula is C24H25N3O3. The van der Waals surface area contributed by atoms with Crippen molar-refractivity contribution < 1.29 is 14.0 Å². The highest BCUT2D eigenvalue weighted by Crippen LogP contribution is 2.30. The molecule has 6 heteroatoms. The summed E-state index contributed by atoms with van der Waals surface area (Å²) in [6.07, 6.45) is 3.53. The molecule has 0 radical (unpaired) electrons. The second-order valence-corrected chi connectivity index (χ2v) is 7.90. The van der Waals surface area contributed by atoms with Crippen LogP contribution in [0.3, 0.4) is 0 Å². The number of hydrogen-bond donors (Lipinski definition) is 1. The van der Waals surface area contributed by atoms with Crippen molar-refractivity contribution >= 4 is 11.9 Å². The lowest BCUT2D eigenvalue weighted by atomic mass is 9.91. The van der Waals surface area contributed by atoms with Crippen molar-refractivity contribution in [3.8, 4) is 11.5 Å². The Morgan fingerprint density at radius 3 is 2.43 bits per heavy atom. The van der Waals surface area contributed by atoms with Gasteiger partial charge in [0.25, 0.3) is 5.91 Å². The van der Waals surface area contributed by atoms with Gasteiger partial charge < -0.3 is 9.73 Å². The Labute approximate surface area is 175 Å². The molecule has 3 aromatic rings. The van der Waals surface area contributed by atoms with E-state index in [1.807, 2.05) is 55.5 Å². The van der Waals surface area contributed by atoms with Crippen LogP contribution in [-0.2, 0) is 23.3 Å². The van der Waals surface area contributed by atoms with Crippen LogP contribution in [0.15, 0.2) is 59.2 Å². The van der Waals surface area contributed by atoms with Gasteiger partial charge in [0.15, 0.2) is 0 Å². The van der Waals surface area contributed by atoms with Gasteiger partial charge in [-0.3, -0.25) is 9.69 Å². The Bertz CT molecular complexity index is 1070. The number of carbonyl (C=O) groups is 2. The molecule has 2 aromatic carbocycles. The Hall–Kier alpha value is -3.41. The molecule has 1 unspecified atom stereocenters. The number of benzene rings is 2. The monoisotopic (exact) mass is 403 g/mol. The molecule has 1 aliphatic rings. The van der Waals surface area contributed by atoms with Gasteiger partial charge in [-0.05, 0) is 43.5 Å². The number of amides is 3. The van der Waals surface area contributed by atoms with E-state index >= 15 is 0 Å². The van der Waals surface area contributed by atoms with Crippen molar-refractivity contribution in [1.29, 1.82) is 0 Å². The van der Waals surface area contributed by atoms with E-state index in [-0.39, 0.29) is 12.5 Å². The van der Waals surface area contributed by atoms with Gasteiger partial charge in [0.1, 0.15) is 11.8 Å². The maximum Gasteiger partial charge on any atom is 0.325 e. The molecule has 1 N–H and O–H groups in total. The number of imide groups is 1. The number of carbonyl (C=O) groups excluding carboxylic acids is 2. The standard InChI is InChI=1S/C24H25N3O3/c1-4-5-17-8-12-19(13-9-17)24(3)22(28)27(23(29)26-24)14-20-15-30-21(25-20)18-10-6-16(2)7-11-18/h6-13,15H,4-5,14H2,1-3H3,(H,26,29). The van der Waals surface area contributed by atoms with E-state index in [0.717, 1.165) is 29.5 Å². The van der Waals surface area contributed by atoms with Gasteiger partial charge in [0.2, 0.25) is 5.89 Å². The number of urea groups is 1. The molecule has 1 fully saturated rings. The first-order valence-electron chi connectivity index (χ1n) is 10.2. The topological polar surface area (TPSA) is 75.4 Å². The van der Waals surface area contributed by atoms with Gasteiger partial charge in [0.05, 0.1) is 12.2 Å². The van der Waals surface area contributed by atoms with Crippen LogP contribution < -0.4 is 5.32 Å². The molecule has 1 atom stereocenters. The lowest BCUT2D eigenvalue weighted by Crippen LogP contribution is -2.40. The number of hydrogen-bond acceptors (Lipinski definition) is 4. The maximum absolute atomic E-state index is 13.2. The van der Waals surface area contributed by atoms with Crippen LogP contribution in [0.25, 0.3) is 11.5 Å². The van der Waals surface area contributed by atoms with Crippen molar-refractivity contribution in [1.82, 2.24) is 15.2 Å². The fourth-order valence-electron chi connectivity index (χ4n) is 3.70. The quantitative estimate of drug-likeness (QED) is 0.612. The molecule has 0 saturated carbocycles. The molecule has 3 amide bonds. The Morgan fingerprint density at radius 2 is 1.77 bits per heavy atom. The van der Waals surface area contributed by atoms with Crippen LogP contribution in [0.2, 0.25) is 0 Å². The minimum absolute atomic E-state index is 0.0591. The summed E-state index contributed by atoms with van der Waals surface area (Å²) in [4.78, 5) is 31.4. The second kappa shape index (κ2) is 7.78. The van der Waals surface area contributed by atoms with Crippen LogP contribution in [0.5, 0.6) is 0 Å². The number of nitrogens with zero attached hydrogens (tertiary/aromatic N) is 2. The van der Waals surface area contributed by atoms with Crippen LogP contribution in [0.1, 0.15) is 42.7 Å². The molecule has 154 valence electrons. The molecule has 0 aliphatic carbocycles. The van der Waals surface area contributed by atoms with Crippen LogP contribution in [0, 0.1) is 6.92 Å². The highest BCUT2D eigenvalue weighted by atomic mass is 16.3. The highest BCUT2D eigenvalue weighted by molar-refractivity contribution is 6.07. The molecule has 4 rings (SSSR count). The zero-order valence-electron chi connectivity index (χ0n) is 17.4. The molecule has 6 nitrogen and oxygen atoms in total. The van der Waals surface area contributed by atoms with Crippen molar-refractivity contribution in [3.05, 3.63) is 77.2 Å². The average molecular weight is 403 g/mol. The Morgan fingerprint density at radius 1 is 1.07 bits per heavy atom. The number of nitrogens with one attached hydrogen (secondary N) is 1. The number of oxazole rings is 1. The van der Waals surface area contributed by atoms with Crippen LogP contribution >= 0.6 is 0 Å². The van der Waals surface area contributed by atoms with E-state index < -0.39 is 11.6 Å². The van der Waals surface area contributed by atoms with E-state index in [0.29, 0.717) is 11.6 Å². The summed E-state index contributed by atoms with van der Waals surface area (Å²) >= 11 is 0.